The third-order valence-electron chi connectivity index (χ3n) is 3.55. The molecule has 3 rings (SSSR count). The zero-order valence-corrected chi connectivity index (χ0v) is 12.3. The number of nitrogens with one attached hydrogen (secondary N) is 1. The number of aromatic nitrogens is 1. The summed E-state index contributed by atoms with van der Waals surface area (Å²) in [6.07, 6.45) is 0.916. The lowest BCUT2D eigenvalue weighted by molar-refractivity contribution is 0.00584. The summed E-state index contributed by atoms with van der Waals surface area (Å²) >= 11 is 0. The van der Waals surface area contributed by atoms with E-state index < -0.39 is 5.72 Å². The third-order valence-corrected chi connectivity index (χ3v) is 3.55. The van der Waals surface area contributed by atoms with E-state index in [9.17, 15) is 5.11 Å². The van der Waals surface area contributed by atoms with Gasteiger partial charge in [0.25, 0.3) is 0 Å². The molecule has 2 aromatic rings. The van der Waals surface area contributed by atoms with Gasteiger partial charge in [-0.15, -0.1) is 0 Å². The number of ether oxygens (including phenoxy) is 1. The first-order valence-electron chi connectivity index (χ1n) is 7.26. The number of benzene rings is 1. The molecular formula is C17H20N2O2. The van der Waals surface area contributed by atoms with Gasteiger partial charge in [0.1, 0.15) is 6.61 Å². The lowest BCUT2D eigenvalue weighted by Crippen LogP contribution is -2.44. The Kier molecular flexibility index (Phi) is 3.55. The molecule has 1 aromatic heterocycles. The first-order valence-corrected chi connectivity index (χ1v) is 7.26. The smallest absolute Gasteiger partial charge is 0.237 e. The molecule has 0 saturated carbocycles. The van der Waals surface area contributed by atoms with Crippen molar-refractivity contribution in [2.45, 2.75) is 26.0 Å². The Hall–Kier alpha value is -2.07. The van der Waals surface area contributed by atoms with E-state index in [0.717, 1.165) is 23.4 Å². The maximum atomic E-state index is 10.7. The lowest BCUT2D eigenvalue weighted by Gasteiger charge is -2.35. The quantitative estimate of drug-likeness (QED) is 0.910. The molecule has 21 heavy (non-hydrogen) atoms. The van der Waals surface area contributed by atoms with E-state index >= 15 is 0 Å². The zero-order valence-electron chi connectivity index (χ0n) is 12.3. The predicted octanol–water partition coefficient (Wildman–Crippen LogP) is 2.93. The standard InChI is InChI=1S/C17H20N2O2/c1-12(2)10-14-8-9-15-16(18-14)21-11-17(20,19-15)13-6-4-3-5-7-13/h3-9,12,19-20H,10-11H2,1-2H3/t17-/m1/s1. The molecule has 4 heteroatoms. The van der Waals surface area contributed by atoms with Gasteiger partial charge < -0.3 is 15.2 Å². The van der Waals surface area contributed by atoms with Crippen molar-refractivity contribution >= 4 is 5.69 Å². The molecular weight excluding hydrogens is 264 g/mol. The minimum absolute atomic E-state index is 0.141. The maximum Gasteiger partial charge on any atom is 0.237 e. The van der Waals surface area contributed by atoms with Crippen LogP contribution in [0.15, 0.2) is 42.5 Å². The average Bonchev–Trinajstić information content (AvgIpc) is 2.48. The fraction of sp³-hybridized carbons (Fsp3) is 0.353. The first kappa shape index (κ1) is 13.9. The summed E-state index contributed by atoms with van der Waals surface area (Å²) in [5.74, 6) is 1.11. The predicted molar refractivity (Wildman–Crippen MR) is 82.2 cm³/mol. The molecule has 0 unspecified atom stereocenters. The van der Waals surface area contributed by atoms with Gasteiger partial charge in [-0.05, 0) is 24.5 Å². The van der Waals surface area contributed by atoms with Crippen molar-refractivity contribution in [2.75, 3.05) is 11.9 Å². The molecule has 2 heterocycles. The molecule has 1 aliphatic heterocycles. The summed E-state index contributed by atoms with van der Waals surface area (Å²) in [5, 5.41) is 13.9. The molecule has 0 saturated heterocycles. The molecule has 1 aromatic carbocycles. The van der Waals surface area contributed by atoms with Crippen LogP contribution in [0.4, 0.5) is 5.69 Å². The van der Waals surface area contributed by atoms with E-state index in [1.54, 1.807) is 0 Å². The largest absolute Gasteiger partial charge is 0.471 e. The van der Waals surface area contributed by atoms with Crippen LogP contribution < -0.4 is 10.1 Å². The summed E-state index contributed by atoms with van der Waals surface area (Å²) in [5.41, 5.74) is 1.30. The molecule has 1 aliphatic rings. The monoisotopic (exact) mass is 284 g/mol. The molecule has 0 spiro atoms. The minimum Gasteiger partial charge on any atom is -0.471 e. The van der Waals surface area contributed by atoms with Crippen molar-refractivity contribution in [2.24, 2.45) is 5.92 Å². The highest BCUT2D eigenvalue weighted by Gasteiger charge is 2.35. The SMILES string of the molecule is CC(C)Cc1ccc2c(n1)OC[C@@](O)(c1ccccc1)N2. The molecule has 110 valence electrons. The Morgan fingerprint density at radius 3 is 2.71 bits per heavy atom. The fourth-order valence-electron chi connectivity index (χ4n) is 2.52. The number of aliphatic hydroxyl groups is 1. The molecule has 0 radical (unpaired) electrons. The Labute approximate surface area is 124 Å². The summed E-state index contributed by atoms with van der Waals surface area (Å²) in [4.78, 5) is 4.52. The number of pyridine rings is 1. The van der Waals surface area contributed by atoms with Crippen LogP contribution in [0.2, 0.25) is 0 Å². The number of anilines is 1. The van der Waals surface area contributed by atoms with Crippen LogP contribution in [-0.2, 0) is 12.1 Å². The van der Waals surface area contributed by atoms with Crippen LogP contribution >= 0.6 is 0 Å². The van der Waals surface area contributed by atoms with Gasteiger partial charge in [-0.2, -0.15) is 0 Å². The Balaban J connectivity index is 1.86. The topological polar surface area (TPSA) is 54.4 Å². The van der Waals surface area contributed by atoms with Gasteiger partial charge in [-0.1, -0.05) is 44.2 Å². The van der Waals surface area contributed by atoms with E-state index in [-0.39, 0.29) is 6.61 Å². The van der Waals surface area contributed by atoms with E-state index in [4.69, 9.17) is 4.74 Å². The van der Waals surface area contributed by atoms with E-state index in [1.165, 1.54) is 0 Å². The highest BCUT2D eigenvalue weighted by molar-refractivity contribution is 5.57. The van der Waals surface area contributed by atoms with Gasteiger partial charge in [-0.25, -0.2) is 4.98 Å². The van der Waals surface area contributed by atoms with E-state index in [0.29, 0.717) is 11.8 Å². The van der Waals surface area contributed by atoms with Gasteiger partial charge in [0.15, 0.2) is 5.72 Å². The molecule has 0 amide bonds. The molecule has 2 N–H and O–H groups in total. The second-order valence-corrected chi connectivity index (χ2v) is 5.89. The minimum atomic E-state index is -1.21. The van der Waals surface area contributed by atoms with Gasteiger partial charge in [-0.3, -0.25) is 0 Å². The summed E-state index contributed by atoms with van der Waals surface area (Å²) in [6, 6.07) is 13.4. The van der Waals surface area contributed by atoms with Crippen LogP contribution in [0.25, 0.3) is 0 Å². The van der Waals surface area contributed by atoms with Crippen molar-refractivity contribution in [1.29, 1.82) is 0 Å². The van der Waals surface area contributed by atoms with Gasteiger partial charge in [0.05, 0.1) is 5.69 Å². The van der Waals surface area contributed by atoms with E-state index in [2.05, 4.69) is 24.1 Å². The number of fused-ring (bicyclic) bond motifs is 1. The number of nitrogens with zero attached hydrogens (tertiary/aromatic N) is 1. The third kappa shape index (κ3) is 2.85. The second kappa shape index (κ2) is 5.37. The molecule has 4 nitrogen and oxygen atoms in total. The first-order chi connectivity index (χ1) is 10.1. The number of hydrogen-bond donors (Lipinski definition) is 2. The Morgan fingerprint density at radius 2 is 2.00 bits per heavy atom. The Morgan fingerprint density at radius 1 is 1.24 bits per heavy atom. The van der Waals surface area contributed by atoms with Crippen LogP contribution in [0, 0.1) is 5.92 Å². The van der Waals surface area contributed by atoms with Crippen molar-refractivity contribution < 1.29 is 9.84 Å². The molecule has 0 aliphatic carbocycles. The van der Waals surface area contributed by atoms with Crippen molar-refractivity contribution in [1.82, 2.24) is 4.98 Å². The average molecular weight is 284 g/mol. The van der Waals surface area contributed by atoms with E-state index in [1.807, 2.05) is 42.5 Å². The van der Waals surface area contributed by atoms with Crippen LogP contribution in [0.1, 0.15) is 25.1 Å². The highest BCUT2D eigenvalue weighted by Crippen LogP contribution is 2.34. The Bertz CT molecular complexity index is 628. The molecule has 0 bridgehead atoms. The molecule has 1 atom stereocenters. The summed E-state index contributed by atoms with van der Waals surface area (Å²) in [6.45, 7) is 4.46. The summed E-state index contributed by atoms with van der Waals surface area (Å²) in [7, 11) is 0. The fourth-order valence-corrected chi connectivity index (χ4v) is 2.52. The normalized spacial score (nSPS) is 20.6. The second-order valence-electron chi connectivity index (χ2n) is 5.89. The maximum absolute atomic E-state index is 10.7. The lowest BCUT2D eigenvalue weighted by atomic mass is 10.0. The van der Waals surface area contributed by atoms with Gasteiger partial charge in [0, 0.05) is 11.3 Å². The number of rotatable bonds is 3. The van der Waals surface area contributed by atoms with Crippen LogP contribution in [0.5, 0.6) is 5.88 Å². The number of hydrogen-bond acceptors (Lipinski definition) is 4. The van der Waals surface area contributed by atoms with Crippen molar-refractivity contribution in [3.63, 3.8) is 0 Å². The summed E-state index contributed by atoms with van der Waals surface area (Å²) < 4.78 is 5.69. The van der Waals surface area contributed by atoms with Crippen molar-refractivity contribution in [3.05, 3.63) is 53.7 Å². The van der Waals surface area contributed by atoms with Gasteiger partial charge >= 0.3 is 0 Å². The van der Waals surface area contributed by atoms with Crippen LogP contribution in [-0.4, -0.2) is 16.7 Å². The highest BCUT2D eigenvalue weighted by atomic mass is 16.5. The van der Waals surface area contributed by atoms with Crippen LogP contribution in [0.3, 0.4) is 0 Å². The van der Waals surface area contributed by atoms with Crippen molar-refractivity contribution in [3.8, 4) is 5.88 Å². The molecule has 0 fully saturated rings. The van der Waals surface area contributed by atoms with Gasteiger partial charge in [0.2, 0.25) is 5.88 Å². The zero-order chi connectivity index (χ0) is 14.9.